The molecule has 0 fully saturated rings. The first kappa shape index (κ1) is 13.7. The van der Waals surface area contributed by atoms with E-state index in [0.717, 1.165) is 11.3 Å². The van der Waals surface area contributed by atoms with E-state index in [4.69, 9.17) is 15.2 Å². The molecule has 0 aliphatic heterocycles. The normalized spacial score (nSPS) is 10.1. The van der Waals surface area contributed by atoms with Crippen LogP contribution in [0.25, 0.3) is 0 Å². The molecule has 0 saturated heterocycles. The van der Waals surface area contributed by atoms with Crippen LogP contribution in [0.2, 0.25) is 0 Å². The highest BCUT2D eigenvalue weighted by Crippen LogP contribution is 2.27. The maximum absolute atomic E-state index is 10.8. The molecule has 2 aromatic carbocycles. The van der Waals surface area contributed by atoms with Crippen LogP contribution in [0.1, 0.15) is 5.56 Å². The zero-order valence-corrected chi connectivity index (χ0v) is 10.9. The molecule has 0 unspecified atom stereocenters. The summed E-state index contributed by atoms with van der Waals surface area (Å²) in [4.78, 5) is 10.2. The summed E-state index contributed by atoms with van der Waals surface area (Å²) in [6, 6.07) is 11.8. The minimum absolute atomic E-state index is 0.117. The molecule has 2 N–H and O–H groups in total. The van der Waals surface area contributed by atoms with Crippen LogP contribution in [0.4, 0.5) is 11.4 Å². The first-order valence-electron chi connectivity index (χ1n) is 5.90. The largest absolute Gasteiger partial charge is 0.497 e. The lowest BCUT2D eigenvalue weighted by Gasteiger charge is -2.07. The molecule has 0 aromatic heterocycles. The van der Waals surface area contributed by atoms with Gasteiger partial charge in [-0.3, -0.25) is 10.1 Å². The number of nitrogens with zero attached hydrogens (tertiary/aromatic N) is 1. The van der Waals surface area contributed by atoms with Gasteiger partial charge in [0, 0.05) is 0 Å². The van der Waals surface area contributed by atoms with Crippen molar-refractivity contribution in [1.82, 2.24) is 0 Å². The van der Waals surface area contributed by atoms with E-state index in [2.05, 4.69) is 0 Å². The molecule has 0 aliphatic carbocycles. The molecule has 0 spiro atoms. The third-order valence-electron chi connectivity index (χ3n) is 2.76. The van der Waals surface area contributed by atoms with Gasteiger partial charge in [-0.15, -0.1) is 0 Å². The highest BCUT2D eigenvalue weighted by Gasteiger charge is 2.12. The molecule has 0 radical (unpaired) electrons. The van der Waals surface area contributed by atoms with Gasteiger partial charge in [0.15, 0.2) is 0 Å². The van der Waals surface area contributed by atoms with E-state index in [0.29, 0.717) is 12.4 Å². The summed E-state index contributed by atoms with van der Waals surface area (Å²) in [6.45, 7) is 0.311. The number of rotatable bonds is 5. The van der Waals surface area contributed by atoms with Gasteiger partial charge in [0.25, 0.3) is 5.69 Å². The van der Waals surface area contributed by atoms with Gasteiger partial charge in [0.1, 0.15) is 23.8 Å². The SMILES string of the molecule is COc1ccc(COc2ccc(N)c([N+](=O)[O-])c2)cc1. The van der Waals surface area contributed by atoms with Crippen molar-refractivity contribution in [1.29, 1.82) is 0 Å². The highest BCUT2D eigenvalue weighted by atomic mass is 16.6. The summed E-state index contributed by atoms with van der Waals surface area (Å²) < 4.78 is 10.6. The van der Waals surface area contributed by atoms with Crippen LogP contribution in [0.5, 0.6) is 11.5 Å². The number of hydrogen-bond acceptors (Lipinski definition) is 5. The van der Waals surface area contributed by atoms with Gasteiger partial charge in [-0.1, -0.05) is 12.1 Å². The highest BCUT2D eigenvalue weighted by molar-refractivity contribution is 5.60. The Bertz CT molecular complexity index is 611. The first-order chi connectivity index (χ1) is 9.60. The molecule has 104 valence electrons. The Morgan fingerprint density at radius 1 is 1.15 bits per heavy atom. The van der Waals surface area contributed by atoms with Crippen molar-refractivity contribution < 1.29 is 14.4 Å². The Labute approximate surface area is 115 Å². The smallest absolute Gasteiger partial charge is 0.295 e. The van der Waals surface area contributed by atoms with Crippen molar-refractivity contribution in [2.75, 3.05) is 12.8 Å². The van der Waals surface area contributed by atoms with E-state index in [1.165, 1.54) is 12.1 Å². The fraction of sp³-hybridized carbons (Fsp3) is 0.143. The maximum atomic E-state index is 10.8. The zero-order valence-electron chi connectivity index (χ0n) is 10.9. The average molecular weight is 274 g/mol. The third kappa shape index (κ3) is 3.17. The van der Waals surface area contributed by atoms with E-state index < -0.39 is 4.92 Å². The zero-order chi connectivity index (χ0) is 14.5. The van der Waals surface area contributed by atoms with E-state index in [1.54, 1.807) is 13.2 Å². The van der Waals surface area contributed by atoms with Gasteiger partial charge in [-0.25, -0.2) is 0 Å². The fourth-order valence-electron chi connectivity index (χ4n) is 1.66. The van der Waals surface area contributed by atoms with Gasteiger partial charge in [-0.05, 0) is 29.8 Å². The van der Waals surface area contributed by atoms with Crippen molar-refractivity contribution >= 4 is 11.4 Å². The Hall–Kier alpha value is -2.76. The minimum atomic E-state index is -0.532. The summed E-state index contributed by atoms with van der Waals surface area (Å²) in [6.07, 6.45) is 0. The van der Waals surface area contributed by atoms with Crippen molar-refractivity contribution in [3.05, 3.63) is 58.1 Å². The number of nitrogens with two attached hydrogens (primary N) is 1. The maximum Gasteiger partial charge on any atom is 0.295 e. The molecule has 0 atom stereocenters. The van der Waals surface area contributed by atoms with Gasteiger partial charge in [0.2, 0.25) is 0 Å². The number of ether oxygens (including phenoxy) is 2. The standard InChI is InChI=1S/C14H14N2O4/c1-19-11-4-2-10(3-5-11)9-20-12-6-7-13(15)14(8-12)16(17)18/h2-8H,9,15H2,1H3. The summed E-state index contributed by atoms with van der Waals surface area (Å²) in [5.74, 6) is 1.17. The van der Waals surface area contributed by atoms with Gasteiger partial charge < -0.3 is 15.2 Å². The van der Waals surface area contributed by atoms with E-state index in [1.807, 2.05) is 24.3 Å². The number of methoxy groups -OCH3 is 1. The fourth-order valence-corrected chi connectivity index (χ4v) is 1.66. The predicted octanol–water partition coefficient (Wildman–Crippen LogP) is 2.76. The topological polar surface area (TPSA) is 87.6 Å². The average Bonchev–Trinajstić information content (AvgIpc) is 2.46. The van der Waals surface area contributed by atoms with Gasteiger partial charge in [-0.2, -0.15) is 0 Å². The number of nitrogen functional groups attached to an aromatic ring is 1. The third-order valence-corrected chi connectivity index (χ3v) is 2.76. The van der Waals surface area contributed by atoms with Gasteiger partial charge >= 0.3 is 0 Å². The van der Waals surface area contributed by atoms with Crippen LogP contribution in [-0.4, -0.2) is 12.0 Å². The summed E-state index contributed by atoms with van der Waals surface area (Å²) >= 11 is 0. The molecule has 6 nitrogen and oxygen atoms in total. The molecule has 0 aliphatic rings. The molecule has 0 saturated carbocycles. The second-order valence-electron chi connectivity index (χ2n) is 4.11. The number of nitro benzene ring substituents is 1. The van der Waals surface area contributed by atoms with Crippen LogP contribution < -0.4 is 15.2 Å². The van der Waals surface area contributed by atoms with Crippen molar-refractivity contribution in [3.8, 4) is 11.5 Å². The van der Waals surface area contributed by atoms with Crippen LogP contribution >= 0.6 is 0 Å². The number of nitro groups is 1. The Morgan fingerprint density at radius 3 is 2.40 bits per heavy atom. The summed E-state index contributed by atoms with van der Waals surface area (Å²) in [7, 11) is 1.60. The lowest BCUT2D eigenvalue weighted by atomic mass is 10.2. The van der Waals surface area contributed by atoms with Crippen molar-refractivity contribution in [2.45, 2.75) is 6.61 Å². The van der Waals surface area contributed by atoms with E-state index in [9.17, 15) is 10.1 Å². The lowest BCUT2D eigenvalue weighted by molar-refractivity contribution is -0.384. The molecule has 2 rings (SSSR count). The second kappa shape index (κ2) is 5.92. The molecule has 0 heterocycles. The molecule has 0 bridgehead atoms. The van der Waals surface area contributed by atoms with Crippen LogP contribution in [0, 0.1) is 10.1 Å². The monoisotopic (exact) mass is 274 g/mol. The van der Waals surface area contributed by atoms with Crippen LogP contribution in [0.3, 0.4) is 0 Å². The number of anilines is 1. The second-order valence-corrected chi connectivity index (χ2v) is 4.11. The summed E-state index contributed by atoms with van der Waals surface area (Å²) in [5.41, 5.74) is 6.42. The number of benzene rings is 2. The molecule has 2 aromatic rings. The minimum Gasteiger partial charge on any atom is -0.497 e. The van der Waals surface area contributed by atoms with E-state index in [-0.39, 0.29) is 11.4 Å². The summed E-state index contributed by atoms with van der Waals surface area (Å²) in [5, 5.41) is 10.8. The molecule has 0 amide bonds. The Morgan fingerprint density at radius 2 is 1.80 bits per heavy atom. The van der Waals surface area contributed by atoms with E-state index >= 15 is 0 Å². The molecule has 6 heteroatoms. The number of hydrogen-bond donors (Lipinski definition) is 1. The van der Waals surface area contributed by atoms with Crippen LogP contribution in [-0.2, 0) is 6.61 Å². The quantitative estimate of drug-likeness (QED) is 0.514. The molecule has 20 heavy (non-hydrogen) atoms. The predicted molar refractivity (Wildman–Crippen MR) is 74.8 cm³/mol. The lowest BCUT2D eigenvalue weighted by Crippen LogP contribution is -1.99. The first-order valence-corrected chi connectivity index (χ1v) is 5.90. The van der Waals surface area contributed by atoms with Crippen molar-refractivity contribution in [2.24, 2.45) is 0 Å². The Balaban J connectivity index is 2.06. The van der Waals surface area contributed by atoms with Gasteiger partial charge in [0.05, 0.1) is 18.1 Å². The van der Waals surface area contributed by atoms with Crippen LogP contribution in [0.15, 0.2) is 42.5 Å². The Kier molecular flexibility index (Phi) is 4.05. The molecular weight excluding hydrogens is 260 g/mol. The molecular formula is C14H14N2O4. The van der Waals surface area contributed by atoms with Crippen molar-refractivity contribution in [3.63, 3.8) is 0 Å².